The molecule has 0 fully saturated rings. The van der Waals surface area contributed by atoms with E-state index in [0.717, 1.165) is 6.42 Å². The van der Waals surface area contributed by atoms with Gasteiger partial charge in [-0.3, -0.25) is 0 Å². The van der Waals surface area contributed by atoms with Crippen LogP contribution in [0.4, 0.5) is 13.2 Å². The third-order valence-corrected chi connectivity index (χ3v) is 3.08. The summed E-state index contributed by atoms with van der Waals surface area (Å²) < 4.78 is 38.0. The second-order valence-electron chi connectivity index (χ2n) is 4.96. The highest BCUT2D eigenvalue weighted by atomic mass is 19.4. The Labute approximate surface area is 94.2 Å². The highest BCUT2D eigenvalue weighted by Crippen LogP contribution is 2.42. The van der Waals surface area contributed by atoms with E-state index in [1.165, 1.54) is 13.8 Å². The molecule has 0 saturated heterocycles. The molecule has 1 unspecified atom stereocenters. The number of nitrogens with two attached hydrogens (primary N) is 1. The minimum atomic E-state index is -4.20. The van der Waals surface area contributed by atoms with E-state index in [2.05, 4.69) is 0 Å². The van der Waals surface area contributed by atoms with Crippen molar-refractivity contribution >= 4 is 0 Å². The molecule has 4 heteroatoms. The Balaban J connectivity index is 2.60. The average Bonchev–Trinajstić information content (AvgIpc) is 2.16. The van der Waals surface area contributed by atoms with Crippen LogP contribution in [0.25, 0.3) is 0 Å². The lowest BCUT2D eigenvalue weighted by Gasteiger charge is -2.33. The molecule has 1 aliphatic carbocycles. The molecule has 0 bridgehead atoms. The third-order valence-electron chi connectivity index (χ3n) is 3.08. The van der Waals surface area contributed by atoms with Crippen LogP contribution >= 0.6 is 0 Å². The SMILES string of the molecule is CC(C)(C[C@H](N)C1C=CC=CC1)C(F)(F)F. The number of halogens is 3. The first kappa shape index (κ1) is 13.3. The van der Waals surface area contributed by atoms with Crippen molar-refractivity contribution < 1.29 is 13.2 Å². The summed E-state index contributed by atoms with van der Waals surface area (Å²) in [7, 11) is 0. The lowest BCUT2D eigenvalue weighted by Crippen LogP contribution is -2.41. The number of alkyl halides is 3. The molecule has 2 atom stereocenters. The summed E-state index contributed by atoms with van der Waals surface area (Å²) in [4.78, 5) is 0. The topological polar surface area (TPSA) is 26.0 Å². The molecule has 0 aromatic rings. The quantitative estimate of drug-likeness (QED) is 0.794. The summed E-state index contributed by atoms with van der Waals surface area (Å²) in [6.07, 6.45) is 4.04. The van der Waals surface area contributed by atoms with Gasteiger partial charge in [0.05, 0.1) is 5.41 Å². The molecule has 0 radical (unpaired) electrons. The van der Waals surface area contributed by atoms with Crippen LogP contribution in [-0.4, -0.2) is 12.2 Å². The Morgan fingerprint density at radius 2 is 1.94 bits per heavy atom. The number of hydrogen-bond donors (Lipinski definition) is 1. The molecule has 16 heavy (non-hydrogen) atoms. The number of rotatable bonds is 3. The summed E-state index contributed by atoms with van der Waals surface area (Å²) >= 11 is 0. The summed E-state index contributed by atoms with van der Waals surface area (Å²) in [6.45, 7) is 2.41. The van der Waals surface area contributed by atoms with Crippen molar-refractivity contribution in [1.82, 2.24) is 0 Å². The predicted molar refractivity (Wildman–Crippen MR) is 58.8 cm³/mol. The van der Waals surface area contributed by atoms with Crippen LogP contribution in [0.1, 0.15) is 26.7 Å². The molecular weight excluding hydrogens is 215 g/mol. The van der Waals surface area contributed by atoms with Crippen molar-refractivity contribution in [2.24, 2.45) is 17.1 Å². The Morgan fingerprint density at radius 3 is 2.38 bits per heavy atom. The van der Waals surface area contributed by atoms with Crippen LogP contribution in [0.5, 0.6) is 0 Å². The maximum atomic E-state index is 12.7. The van der Waals surface area contributed by atoms with Gasteiger partial charge in [-0.1, -0.05) is 38.2 Å². The second-order valence-corrected chi connectivity index (χ2v) is 4.96. The summed E-state index contributed by atoms with van der Waals surface area (Å²) in [5, 5.41) is 0. The Hall–Kier alpha value is -0.770. The van der Waals surface area contributed by atoms with E-state index in [4.69, 9.17) is 5.73 Å². The van der Waals surface area contributed by atoms with Gasteiger partial charge in [-0.2, -0.15) is 13.2 Å². The van der Waals surface area contributed by atoms with Gasteiger partial charge in [0.2, 0.25) is 0 Å². The largest absolute Gasteiger partial charge is 0.394 e. The minimum absolute atomic E-state index is 0.0200. The van der Waals surface area contributed by atoms with E-state index in [1.54, 1.807) is 0 Å². The second kappa shape index (κ2) is 4.62. The van der Waals surface area contributed by atoms with Gasteiger partial charge < -0.3 is 5.73 Å². The van der Waals surface area contributed by atoms with Gasteiger partial charge >= 0.3 is 6.18 Å². The van der Waals surface area contributed by atoms with E-state index in [0.29, 0.717) is 0 Å². The molecule has 0 aliphatic heterocycles. The molecule has 1 nitrogen and oxygen atoms in total. The van der Waals surface area contributed by atoms with Gasteiger partial charge in [-0.25, -0.2) is 0 Å². The Kier molecular flexibility index (Phi) is 3.84. The molecule has 0 aromatic carbocycles. The summed E-state index contributed by atoms with van der Waals surface area (Å²) in [6, 6.07) is -0.446. The lowest BCUT2D eigenvalue weighted by atomic mass is 9.79. The first-order valence-electron chi connectivity index (χ1n) is 5.40. The maximum Gasteiger partial charge on any atom is 0.394 e. The van der Waals surface area contributed by atoms with Gasteiger partial charge in [0, 0.05) is 6.04 Å². The van der Waals surface area contributed by atoms with Crippen LogP contribution < -0.4 is 5.73 Å². The van der Waals surface area contributed by atoms with Crippen LogP contribution in [0.2, 0.25) is 0 Å². The molecule has 0 amide bonds. The molecule has 92 valence electrons. The highest BCUT2D eigenvalue weighted by Gasteiger charge is 2.48. The maximum absolute atomic E-state index is 12.7. The zero-order valence-electron chi connectivity index (χ0n) is 9.59. The fourth-order valence-corrected chi connectivity index (χ4v) is 1.77. The summed E-state index contributed by atoms with van der Waals surface area (Å²) in [5.74, 6) is 0.0200. The Bertz CT molecular complexity index is 289. The van der Waals surface area contributed by atoms with Crippen molar-refractivity contribution in [3.63, 3.8) is 0 Å². The minimum Gasteiger partial charge on any atom is -0.327 e. The molecule has 1 aliphatic rings. The van der Waals surface area contributed by atoms with Crippen molar-refractivity contribution in [3.05, 3.63) is 24.3 Å². The van der Waals surface area contributed by atoms with E-state index >= 15 is 0 Å². The number of allylic oxidation sites excluding steroid dienone is 3. The van der Waals surface area contributed by atoms with Gasteiger partial charge in [-0.15, -0.1) is 0 Å². The molecule has 0 aromatic heterocycles. The zero-order valence-corrected chi connectivity index (χ0v) is 9.59. The van der Waals surface area contributed by atoms with Crippen LogP contribution in [0, 0.1) is 11.3 Å². The molecule has 0 saturated carbocycles. The normalized spacial score (nSPS) is 23.5. The monoisotopic (exact) mass is 233 g/mol. The van der Waals surface area contributed by atoms with Crippen LogP contribution in [0.15, 0.2) is 24.3 Å². The molecule has 0 heterocycles. The van der Waals surface area contributed by atoms with Crippen molar-refractivity contribution in [1.29, 1.82) is 0 Å². The van der Waals surface area contributed by atoms with E-state index in [9.17, 15) is 13.2 Å². The summed E-state index contributed by atoms with van der Waals surface area (Å²) in [5.41, 5.74) is 4.13. The van der Waals surface area contributed by atoms with Gasteiger partial charge in [-0.05, 0) is 18.8 Å². The van der Waals surface area contributed by atoms with Gasteiger partial charge in [0.1, 0.15) is 0 Å². The lowest BCUT2D eigenvalue weighted by molar-refractivity contribution is -0.215. The van der Waals surface area contributed by atoms with Crippen molar-refractivity contribution in [2.45, 2.75) is 38.9 Å². The van der Waals surface area contributed by atoms with Gasteiger partial charge in [0.25, 0.3) is 0 Å². The third kappa shape index (κ3) is 3.11. The van der Waals surface area contributed by atoms with E-state index in [1.807, 2.05) is 24.3 Å². The molecular formula is C12H18F3N. The molecule has 2 N–H and O–H groups in total. The molecule has 0 spiro atoms. The van der Waals surface area contributed by atoms with E-state index < -0.39 is 17.6 Å². The van der Waals surface area contributed by atoms with E-state index in [-0.39, 0.29) is 12.3 Å². The fraction of sp³-hybridized carbons (Fsp3) is 0.667. The van der Waals surface area contributed by atoms with Crippen molar-refractivity contribution in [3.8, 4) is 0 Å². The Morgan fingerprint density at radius 1 is 1.31 bits per heavy atom. The fourth-order valence-electron chi connectivity index (χ4n) is 1.77. The first-order valence-corrected chi connectivity index (χ1v) is 5.40. The standard InChI is InChI=1S/C12H18F3N/c1-11(2,12(13,14)15)8-10(16)9-6-4-3-5-7-9/h3-6,9-10H,7-8,16H2,1-2H3/t9?,10-/m0/s1. The highest BCUT2D eigenvalue weighted by molar-refractivity contribution is 5.12. The van der Waals surface area contributed by atoms with Gasteiger partial charge in [0.15, 0.2) is 0 Å². The molecule has 1 rings (SSSR count). The predicted octanol–water partition coefficient (Wildman–Crippen LogP) is 3.42. The first-order chi connectivity index (χ1) is 7.24. The smallest absolute Gasteiger partial charge is 0.327 e. The zero-order chi connectivity index (χ0) is 12.4. The van der Waals surface area contributed by atoms with Crippen LogP contribution in [0.3, 0.4) is 0 Å². The van der Waals surface area contributed by atoms with Crippen LogP contribution in [-0.2, 0) is 0 Å². The average molecular weight is 233 g/mol. The number of hydrogen-bond acceptors (Lipinski definition) is 1. The van der Waals surface area contributed by atoms with Crippen molar-refractivity contribution in [2.75, 3.05) is 0 Å².